The first-order valence-electron chi connectivity index (χ1n) is 13.6. The van der Waals surface area contributed by atoms with Crippen LogP contribution in [0.15, 0.2) is 18.2 Å². The highest BCUT2D eigenvalue weighted by Gasteiger charge is 2.35. The zero-order valence-electron chi connectivity index (χ0n) is 23.9. The molecule has 2 rings (SSSR count). The summed E-state index contributed by atoms with van der Waals surface area (Å²) in [5, 5.41) is 4.74. The van der Waals surface area contributed by atoms with Crippen LogP contribution in [0.25, 0.3) is 0 Å². The minimum atomic E-state index is -1.47. The van der Waals surface area contributed by atoms with Crippen LogP contribution in [0.2, 0.25) is 0 Å². The zero-order valence-corrected chi connectivity index (χ0v) is 23.9. The number of benzene rings is 1. The monoisotopic (exact) mass is 583 g/mol. The molecule has 11 nitrogen and oxygen atoms in total. The van der Waals surface area contributed by atoms with E-state index in [2.05, 4.69) is 10.6 Å². The first-order chi connectivity index (χ1) is 19.4. The molecule has 0 spiro atoms. The average molecular weight is 584 g/mol. The second kappa shape index (κ2) is 16.5. The van der Waals surface area contributed by atoms with E-state index in [4.69, 9.17) is 14.2 Å². The first kappa shape index (κ1) is 33.4. The summed E-state index contributed by atoms with van der Waals surface area (Å²) in [6.07, 6.45) is 2.26. The van der Waals surface area contributed by atoms with Gasteiger partial charge < -0.3 is 29.7 Å². The summed E-state index contributed by atoms with van der Waals surface area (Å²) in [5.74, 6) is -4.33. The minimum absolute atomic E-state index is 0.0612. The Labute approximate surface area is 238 Å². The van der Waals surface area contributed by atoms with Crippen molar-refractivity contribution in [3.63, 3.8) is 0 Å². The Morgan fingerprint density at radius 1 is 1.02 bits per heavy atom. The lowest BCUT2D eigenvalue weighted by atomic mass is 10.0. The number of carbonyl (C=O) groups excluding carboxylic acids is 5. The van der Waals surface area contributed by atoms with Gasteiger partial charge in [-0.3, -0.25) is 9.59 Å². The summed E-state index contributed by atoms with van der Waals surface area (Å²) in [4.78, 5) is 63.9. The van der Waals surface area contributed by atoms with E-state index < -0.39 is 60.3 Å². The van der Waals surface area contributed by atoms with Crippen molar-refractivity contribution in [2.24, 2.45) is 5.92 Å². The molecule has 1 saturated heterocycles. The van der Waals surface area contributed by atoms with Crippen LogP contribution < -0.4 is 10.6 Å². The van der Waals surface area contributed by atoms with Gasteiger partial charge in [-0.25, -0.2) is 23.2 Å². The maximum absolute atomic E-state index is 13.8. The molecule has 2 N–H and O–H groups in total. The molecule has 0 aromatic heterocycles. The normalized spacial score (nSPS) is 16.7. The zero-order chi connectivity index (χ0) is 30.5. The van der Waals surface area contributed by atoms with Gasteiger partial charge in [0.25, 0.3) is 0 Å². The number of carbonyl (C=O) groups is 5. The highest BCUT2D eigenvalue weighted by atomic mass is 19.1. The van der Waals surface area contributed by atoms with Crippen LogP contribution in [0, 0.1) is 17.6 Å². The molecule has 2 unspecified atom stereocenters. The average Bonchev–Trinajstić information content (AvgIpc) is 3.40. The molecule has 1 aliphatic heterocycles. The van der Waals surface area contributed by atoms with Gasteiger partial charge in [0.1, 0.15) is 30.3 Å². The third-order valence-electron chi connectivity index (χ3n) is 6.72. The molecular weight excluding hydrogens is 544 g/mol. The number of esters is 2. The van der Waals surface area contributed by atoms with E-state index in [0.717, 1.165) is 32.1 Å². The van der Waals surface area contributed by atoms with Crippen LogP contribution >= 0.6 is 0 Å². The fourth-order valence-electron chi connectivity index (χ4n) is 4.58. The fraction of sp³-hybridized carbons (Fsp3) is 0.607. The van der Waals surface area contributed by atoms with Crippen molar-refractivity contribution in [3.8, 4) is 0 Å². The Bertz CT molecular complexity index is 1070. The number of nitrogens with zero attached hydrogens (tertiary/aromatic N) is 1. The van der Waals surface area contributed by atoms with Crippen LogP contribution in [-0.4, -0.2) is 79.7 Å². The number of halogens is 2. The Kier molecular flexibility index (Phi) is 13.4. The van der Waals surface area contributed by atoms with Gasteiger partial charge in [0.2, 0.25) is 11.8 Å². The summed E-state index contributed by atoms with van der Waals surface area (Å²) < 4.78 is 42.8. The molecule has 13 heteroatoms. The minimum Gasteiger partial charge on any atom is -0.467 e. The Balaban J connectivity index is 2.12. The molecule has 0 bridgehead atoms. The highest BCUT2D eigenvalue weighted by molar-refractivity contribution is 5.90. The van der Waals surface area contributed by atoms with Gasteiger partial charge in [-0.05, 0) is 42.9 Å². The van der Waals surface area contributed by atoms with Gasteiger partial charge in [0.15, 0.2) is 6.04 Å². The number of rotatable bonds is 14. The van der Waals surface area contributed by atoms with E-state index in [0.29, 0.717) is 37.8 Å². The maximum atomic E-state index is 13.8. The third kappa shape index (κ3) is 11.0. The number of hydrogen-bond acceptors (Lipinski definition) is 8. The fourth-order valence-corrected chi connectivity index (χ4v) is 4.58. The maximum Gasteiger partial charge on any atom is 0.407 e. The Hall–Kier alpha value is -3.77. The van der Waals surface area contributed by atoms with Gasteiger partial charge >= 0.3 is 18.0 Å². The van der Waals surface area contributed by atoms with E-state index in [1.165, 1.54) is 11.8 Å². The molecule has 0 radical (unpaired) electrons. The molecule has 1 aromatic rings. The second-order valence-electron chi connectivity index (χ2n) is 10.1. The molecule has 228 valence electrons. The van der Waals surface area contributed by atoms with E-state index in [1.807, 2.05) is 13.8 Å². The lowest BCUT2D eigenvalue weighted by molar-refractivity contribution is -0.157. The van der Waals surface area contributed by atoms with Crippen LogP contribution in [0.5, 0.6) is 0 Å². The van der Waals surface area contributed by atoms with Gasteiger partial charge in [0, 0.05) is 26.0 Å². The summed E-state index contributed by atoms with van der Waals surface area (Å²) in [5.41, 5.74) is 0.0612. The van der Waals surface area contributed by atoms with Gasteiger partial charge in [-0.15, -0.1) is 0 Å². The first-order valence-corrected chi connectivity index (χ1v) is 13.6. The number of methoxy groups -OCH3 is 1. The predicted molar refractivity (Wildman–Crippen MR) is 142 cm³/mol. The molecule has 4 atom stereocenters. The van der Waals surface area contributed by atoms with Gasteiger partial charge in [-0.1, -0.05) is 26.7 Å². The molecule has 0 aliphatic carbocycles. The van der Waals surface area contributed by atoms with Gasteiger partial charge in [-0.2, -0.15) is 0 Å². The van der Waals surface area contributed by atoms with Crippen molar-refractivity contribution >= 4 is 29.8 Å². The number of nitrogens with one attached hydrogen (secondary N) is 2. The van der Waals surface area contributed by atoms with E-state index in [9.17, 15) is 32.8 Å². The number of likely N-dealkylation sites (tertiary alicyclic amines) is 1. The quantitative estimate of drug-likeness (QED) is 0.252. The summed E-state index contributed by atoms with van der Waals surface area (Å²) in [6, 6.07) is -1.02. The van der Waals surface area contributed by atoms with Gasteiger partial charge in [0.05, 0.1) is 13.7 Å². The summed E-state index contributed by atoms with van der Waals surface area (Å²) in [7, 11) is 1.07. The molecular formula is C28H39F2N3O8. The topological polar surface area (TPSA) is 140 Å². The Morgan fingerprint density at radius 3 is 2.32 bits per heavy atom. The largest absolute Gasteiger partial charge is 0.467 e. The molecule has 0 saturated carbocycles. The molecule has 1 heterocycles. The van der Waals surface area contributed by atoms with E-state index in [1.54, 1.807) is 0 Å². The van der Waals surface area contributed by atoms with Crippen molar-refractivity contribution in [1.82, 2.24) is 15.5 Å². The molecule has 1 aromatic carbocycles. The molecule has 3 amide bonds. The van der Waals surface area contributed by atoms with Crippen molar-refractivity contribution in [2.75, 3.05) is 26.9 Å². The molecule has 1 aliphatic rings. The van der Waals surface area contributed by atoms with Crippen molar-refractivity contribution in [3.05, 3.63) is 35.4 Å². The molecule has 1 fully saturated rings. The number of alkyl carbamates (subject to hydrolysis) is 1. The SMILES string of the molecule is CCCC(C)CCOC(=O)N[C@@H](Cc1cc(F)cc(F)c1)C(=O)N[C@@H](COC(=O)C1CCCN1C(C)=O)C(=O)OC. The van der Waals surface area contributed by atoms with Crippen LogP contribution in [-0.2, 0) is 39.8 Å². The van der Waals surface area contributed by atoms with Crippen LogP contribution in [0.4, 0.5) is 13.6 Å². The standard InChI is InChI=1S/C28H39F2N3O8/c1-5-7-17(2)9-11-40-28(38)32-22(14-19-12-20(29)15-21(30)13-19)25(35)31-23(26(36)39-4)16-41-27(37)24-8-6-10-33(24)18(3)34/h12-13,15,17,22-24H,5-11,14,16H2,1-4H3,(H,31,35)(H,32,38)/t17?,22-,23-,24?/m0/s1. The highest BCUT2D eigenvalue weighted by Crippen LogP contribution is 2.19. The molecule has 41 heavy (non-hydrogen) atoms. The number of amides is 3. The second-order valence-corrected chi connectivity index (χ2v) is 10.1. The van der Waals surface area contributed by atoms with E-state index >= 15 is 0 Å². The number of hydrogen-bond donors (Lipinski definition) is 2. The van der Waals surface area contributed by atoms with Crippen LogP contribution in [0.3, 0.4) is 0 Å². The van der Waals surface area contributed by atoms with E-state index in [-0.39, 0.29) is 24.5 Å². The van der Waals surface area contributed by atoms with Crippen LogP contribution in [0.1, 0.15) is 58.4 Å². The summed E-state index contributed by atoms with van der Waals surface area (Å²) in [6.45, 7) is 5.27. The third-order valence-corrected chi connectivity index (χ3v) is 6.72. The van der Waals surface area contributed by atoms with Crippen molar-refractivity contribution in [2.45, 2.75) is 77.4 Å². The lowest BCUT2D eigenvalue weighted by Gasteiger charge is -2.24. The number of ether oxygens (including phenoxy) is 3. The summed E-state index contributed by atoms with van der Waals surface area (Å²) >= 11 is 0. The lowest BCUT2D eigenvalue weighted by Crippen LogP contribution is -2.54. The predicted octanol–water partition coefficient (Wildman–Crippen LogP) is 2.64. The van der Waals surface area contributed by atoms with Crippen molar-refractivity contribution < 1.29 is 47.0 Å². The van der Waals surface area contributed by atoms with Crippen molar-refractivity contribution in [1.29, 1.82) is 0 Å². The Morgan fingerprint density at radius 2 is 1.71 bits per heavy atom. The smallest absolute Gasteiger partial charge is 0.407 e.